The summed E-state index contributed by atoms with van der Waals surface area (Å²) in [6.45, 7) is 2.36. The molecule has 2 fully saturated rings. The minimum absolute atomic E-state index is 0.00347. The fourth-order valence-corrected chi connectivity index (χ4v) is 3.90. The highest BCUT2D eigenvalue weighted by Gasteiger charge is 2.55. The zero-order chi connectivity index (χ0) is 12.3. The highest BCUT2D eigenvalue weighted by atomic mass is 16.5. The van der Waals surface area contributed by atoms with Gasteiger partial charge in [0.05, 0.1) is 18.1 Å². The highest BCUT2D eigenvalue weighted by molar-refractivity contribution is 5.78. The van der Waals surface area contributed by atoms with Gasteiger partial charge in [-0.3, -0.25) is 4.79 Å². The van der Waals surface area contributed by atoms with E-state index in [1.165, 1.54) is 25.7 Å². The lowest BCUT2D eigenvalue weighted by Crippen LogP contribution is -2.46. The summed E-state index contributed by atoms with van der Waals surface area (Å²) in [5, 5.41) is 0. The zero-order valence-electron chi connectivity index (χ0n) is 11.0. The zero-order valence-corrected chi connectivity index (χ0v) is 11.0. The van der Waals surface area contributed by atoms with Crippen molar-refractivity contribution in [3.8, 4) is 0 Å². The predicted octanol–water partition coefficient (Wildman–Crippen LogP) is 2.93. The molecule has 0 aromatic carbocycles. The van der Waals surface area contributed by atoms with Gasteiger partial charge in [0, 0.05) is 7.11 Å². The summed E-state index contributed by atoms with van der Waals surface area (Å²) in [4.78, 5) is 12.4. The molecule has 2 aliphatic rings. The van der Waals surface area contributed by atoms with Crippen molar-refractivity contribution in [2.45, 2.75) is 58.0 Å². The number of rotatable bonds is 4. The molecule has 2 atom stereocenters. The van der Waals surface area contributed by atoms with E-state index in [1.54, 1.807) is 7.11 Å². The van der Waals surface area contributed by atoms with E-state index in [0.717, 1.165) is 19.3 Å². The van der Waals surface area contributed by atoms with E-state index in [4.69, 9.17) is 9.47 Å². The lowest BCUT2D eigenvalue weighted by Gasteiger charge is -2.37. The van der Waals surface area contributed by atoms with Crippen LogP contribution in [0.4, 0.5) is 0 Å². The molecule has 2 aliphatic carbocycles. The number of hydrogen-bond acceptors (Lipinski definition) is 3. The Morgan fingerprint density at radius 3 is 2.53 bits per heavy atom. The van der Waals surface area contributed by atoms with Gasteiger partial charge in [0.25, 0.3) is 0 Å². The normalized spacial score (nSPS) is 34.1. The molecule has 98 valence electrons. The summed E-state index contributed by atoms with van der Waals surface area (Å²) in [5.41, 5.74) is -0.332. The molecule has 0 radical (unpaired) electrons. The second-order valence-electron chi connectivity index (χ2n) is 5.36. The highest BCUT2D eigenvalue weighted by Crippen LogP contribution is 2.52. The molecule has 3 nitrogen and oxygen atoms in total. The predicted molar refractivity (Wildman–Crippen MR) is 65.7 cm³/mol. The van der Waals surface area contributed by atoms with Gasteiger partial charge in [0.1, 0.15) is 0 Å². The smallest absolute Gasteiger partial charge is 0.314 e. The Labute approximate surface area is 104 Å². The molecule has 0 aromatic rings. The van der Waals surface area contributed by atoms with Crippen molar-refractivity contribution >= 4 is 5.97 Å². The van der Waals surface area contributed by atoms with Gasteiger partial charge in [0.2, 0.25) is 0 Å². The Bertz CT molecular complexity index is 271. The standard InChI is InChI=1S/C14H24O3/c1-3-17-13(15)14(11-7-4-5-8-11)10-6-9-12(14)16-2/h11-12H,3-10H2,1-2H3. The molecule has 0 N–H and O–H groups in total. The molecule has 2 unspecified atom stereocenters. The van der Waals surface area contributed by atoms with Gasteiger partial charge in [-0.1, -0.05) is 12.8 Å². The lowest BCUT2D eigenvalue weighted by atomic mass is 9.71. The second kappa shape index (κ2) is 5.38. The number of esters is 1. The Balaban J connectivity index is 2.24. The van der Waals surface area contributed by atoms with Crippen molar-refractivity contribution in [1.29, 1.82) is 0 Å². The molecule has 17 heavy (non-hydrogen) atoms. The van der Waals surface area contributed by atoms with Crippen LogP contribution in [0.1, 0.15) is 51.9 Å². The summed E-state index contributed by atoms with van der Waals surface area (Å²) in [6, 6.07) is 0. The van der Waals surface area contributed by atoms with Crippen LogP contribution in [0.25, 0.3) is 0 Å². The van der Waals surface area contributed by atoms with Crippen LogP contribution in [0.2, 0.25) is 0 Å². The average molecular weight is 240 g/mol. The van der Waals surface area contributed by atoms with Crippen molar-refractivity contribution in [3.63, 3.8) is 0 Å². The quantitative estimate of drug-likeness (QED) is 0.709. The third kappa shape index (κ3) is 2.10. The van der Waals surface area contributed by atoms with Gasteiger partial charge in [0.15, 0.2) is 0 Å². The number of methoxy groups -OCH3 is 1. The Morgan fingerprint density at radius 2 is 1.94 bits per heavy atom. The molecule has 2 saturated carbocycles. The third-order valence-electron chi connectivity index (χ3n) is 4.65. The van der Waals surface area contributed by atoms with Crippen molar-refractivity contribution in [2.75, 3.05) is 13.7 Å². The van der Waals surface area contributed by atoms with E-state index < -0.39 is 0 Å². The summed E-state index contributed by atoms with van der Waals surface area (Å²) in [6.07, 6.45) is 7.96. The molecule has 0 saturated heterocycles. The molecular weight excluding hydrogens is 216 g/mol. The van der Waals surface area contributed by atoms with Crippen LogP contribution in [0.5, 0.6) is 0 Å². The molecule has 0 spiro atoms. The fourth-order valence-electron chi connectivity index (χ4n) is 3.90. The number of hydrogen-bond donors (Lipinski definition) is 0. The summed E-state index contributed by atoms with van der Waals surface area (Å²) >= 11 is 0. The van der Waals surface area contributed by atoms with Crippen LogP contribution in [-0.4, -0.2) is 25.8 Å². The van der Waals surface area contributed by atoms with Crippen LogP contribution in [0.3, 0.4) is 0 Å². The molecule has 0 aromatic heterocycles. The first-order valence-electron chi connectivity index (χ1n) is 6.95. The van der Waals surface area contributed by atoms with Gasteiger partial charge >= 0.3 is 5.97 Å². The van der Waals surface area contributed by atoms with Gasteiger partial charge in [-0.15, -0.1) is 0 Å². The van der Waals surface area contributed by atoms with E-state index in [-0.39, 0.29) is 17.5 Å². The maximum absolute atomic E-state index is 12.4. The molecule has 0 amide bonds. The van der Waals surface area contributed by atoms with Crippen LogP contribution >= 0.6 is 0 Å². The van der Waals surface area contributed by atoms with E-state index in [2.05, 4.69) is 0 Å². The second-order valence-corrected chi connectivity index (χ2v) is 5.36. The first-order valence-corrected chi connectivity index (χ1v) is 6.95. The van der Waals surface area contributed by atoms with E-state index in [9.17, 15) is 4.79 Å². The Morgan fingerprint density at radius 1 is 1.24 bits per heavy atom. The maximum atomic E-state index is 12.4. The van der Waals surface area contributed by atoms with E-state index >= 15 is 0 Å². The number of ether oxygens (including phenoxy) is 2. The molecule has 0 heterocycles. The van der Waals surface area contributed by atoms with Crippen LogP contribution in [0.15, 0.2) is 0 Å². The summed E-state index contributed by atoms with van der Waals surface area (Å²) in [5.74, 6) is 0.477. The van der Waals surface area contributed by atoms with Gasteiger partial charge in [-0.2, -0.15) is 0 Å². The SMILES string of the molecule is CCOC(=O)C1(C2CCCC2)CCCC1OC. The fraction of sp³-hybridized carbons (Fsp3) is 0.929. The Kier molecular flexibility index (Phi) is 4.08. The third-order valence-corrected chi connectivity index (χ3v) is 4.65. The van der Waals surface area contributed by atoms with Crippen LogP contribution in [-0.2, 0) is 14.3 Å². The largest absolute Gasteiger partial charge is 0.465 e. The van der Waals surface area contributed by atoms with Gasteiger partial charge in [-0.25, -0.2) is 0 Å². The van der Waals surface area contributed by atoms with Crippen molar-refractivity contribution in [2.24, 2.45) is 11.3 Å². The molecule has 2 rings (SSSR count). The van der Waals surface area contributed by atoms with Gasteiger partial charge in [-0.05, 0) is 44.9 Å². The van der Waals surface area contributed by atoms with Gasteiger partial charge < -0.3 is 9.47 Å². The van der Waals surface area contributed by atoms with Crippen molar-refractivity contribution in [1.82, 2.24) is 0 Å². The van der Waals surface area contributed by atoms with E-state index in [1.807, 2.05) is 6.92 Å². The van der Waals surface area contributed by atoms with Crippen molar-refractivity contribution in [3.05, 3.63) is 0 Å². The average Bonchev–Trinajstić information content (AvgIpc) is 2.98. The first kappa shape index (κ1) is 12.9. The van der Waals surface area contributed by atoms with Crippen molar-refractivity contribution < 1.29 is 14.3 Å². The molecular formula is C14H24O3. The monoisotopic (exact) mass is 240 g/mol. The number of carbonyl (C=O) groups is 1. The first-order chi connectivity index (χ1) is 8.25. The minimum Gasteiger partial charge on any atom is -0.465 e. The topological polar surface area (TPSA) is 35.5 Å². The Hall–Kier alpha value is -0.570. The lowest BCUT2D eigenvalue weighted by molar-refractivity contribution is -0.168. The minimum atomic E-state index is -0.332. The van der Waals surface area contributed by atoms with Crippen LogP contribution < -0.4 is 0 Å². The summed E-state index contributed by atoms with van der Waals surface area (Å²) < 4.78 is 11.0. The number of carbonyl (C=O) groups excluding carboxylic acids is 1. The molecule has 0 aliphatic heterocycles. The molecule has 0 bridgehead atoms. The summed E-state index contributed by atoms with van der Waals surface area (Å²) in [7, 11) is 1.74. The van der Waals surface area contributed by atoms with E-state index in [0.29, 0.717) is 12.5 Å². The molecule has 3 heteroatoms. The maximum Gasteiger partial charge on any atom is 0.314 e. The van der Waals surface area contributed by atoms with Crippen LogP contribution in [0, 0.1) is 11.3 Å².